The van der Waals surface area contributed by atoms with E-state index in [0.717, 1.165) is 22.6 Å². The average Bonchev–Trinajstić information content (AvgIpc) is 3.03. The maximum absolute atomic E-state index is 12.4. The fraction of sp³-hybridized carbons (Fsp3) is 0.182. The number of hydrogen-bond acceptors (Lipinski definition) is 4. The molecule has 1 aliphatic rings. The molecule has 1 atom stereocenters. The Kier molecular flexibility index (Phi) is 5.70. The number of amides is 1. The van der Waals surface area contributed by atoms with E-state index >= 15 is 0 Å². The summed E-state index contributed by atoms with van der Waals surface area (Å²) >= 11 is 12.5. The van der Waals surface area contributed by atoms with Gasteiger partial charge < -0.3 is 14.0 Å². The second-order valence-electron chi connectivity index (χ2n) is 6.83. The second kappa shape index (κ2) is 8.42. The van der Waals surface area contributed by atoms with E-state index in [0.29, 0.717) is 21.5 Å². The molecule has 3 aromatic rings. The maximum atomic E-state index is 12.4. The topological polar surface area (TPSA) is 64.8 Å². The molecule has 154 valence electrons. The Labute approximate surface area is 184 Å². The highest BCUT2D eigenvalue weighted by molar-refractivity contribution is 6.43. The summed E-state index contributed by atoms with van der Waals surface area (Å²) in [5, 5.41) is 5.05. The van der Waals surface area contributed by atoms with Gasteiger partial charge in [0.1, 0.15) is 6.61 Å². The number of nitrogens with zero attached hydrogens (tertiary/aromatic N) is 2. The predicted octanol–water partition coefficient (Wildman–Crippen LogP) is 4.69. The predicted molar refractivity (Wildman–Crippen MR) is 117 cm³/mol. The van der Waals surface area contributed by atoms with Crippen molar-refractivity contribution in [1.82, 2.24) is 9.99 Å². The quantitative estimate of drug-likeness (QED) is 0.469. The molecular formula is C22H19Cl2N3O3. The van der Waals surface area contributed by atoms with Gasteiger partial charge in [-0.1, -0.05) is 41.4 Å². The lowest BCUT2D eigenvalue weighted by atomic mass is 10.2. The first-order valence-corrected chi connectivity index (χ1v) is 10.1. The number of carbonyl (C=O) groups is 1. The molecular weight excluding hydrogens is 425 g/mol. The van der Waals surface area contributed by atoms with Crippen molar-refractivity contribution in [3.05, 3.63) is 75.5 Å². The highest BCUT2D eigenvalue weighted by atomic mass is 35.5. The SMILES string of the molecule is Cc1cc(/C=N\NC(=O)[C@H]2COc3ccccc3O2)c(C)n1-c1cccc(Cl)c1Cl. The molecule has 1 amide bonds. The van der Waals surface area contributed by atoms with Crippen LogP contribution >= 0.6 is 23.2 Å². The molecule has 0 saturated carbocycles. The van der Waals surface area contributed by atoms with Crippen LogP contribution in [0.2, 0.25) is 10.0 Å². The number of hydrogen-bond donors (Lipinski definition) is 1. The van der Waals surface area contributed by atoms with Crippen molar-refractivity contribution in [3.8, 4) is 17.2 Å². The minimum Gasteiger partial charge on any atom is -0.485 e. The smallest absolute Gasteiger partial charge is 0.284 e. The molecule has 1 N–H and O–H groups in total. The summed E-state index contributed by atoms with van der Waals surface area (Å²) in [5.74, 6) is 0.777. The largest absolute Gasteiger partial charge is 0.485 e. The first-order valence-electron chi connectivity index (χ1n) is 9.30. The molecule has 0 spiro atoms. The molecule has 1 aliphatic heterocycles. The third-order valence-electron chi connectivity index (χ3n) is 4.82. The summed E-state index contributed by atoms with van der Waals surface area (Å²) < 4.78 is 13.2. The molecule has 0 fully saturated rings. The van der Waals surface area contributed by atoms with Gasteiger partial charge in [0.05, 0.1) is 21.9 Å². The van der Waals surface area contributed by atoms with E-state index in [-0.39, 0.29) is 12.5 Å². The van der Waals surface area contributed by atoms with Crippen LogP contribution in [-0.2, 0) is 4.79 Å². The number of rotatable bonds is 4. The van der Waals surface area contributed by atoms with E-state index in [1.54, 1.807) is 24.4 Å². The van der Waals surface area contributed by atoms with Gasteiger partial charge in [-0.3, -0.25) is 4.79 Å². The maximum Gasteiger partial charge on any atom is 0.284 e. The Morgan fingerprint density at radius 1 is 1.17 bits per heavy atom. The minimum atomic E-state index is -0.769. The number of ether oxygens (including phenoxy) is 2. The van der Waals surface area contributed by atoms with E-state index in [1.807, 2.05) is 48.7 Å². The molecule has 0 saturated heterocycles. The molecule has 2 aromatic carbocycles. The van der Waals surface area contributed by atoms with Crippen molar-refractivity contribution in [2.24, 2.45) is 5.10 Å². The average molecular weight is 444 g/mol. The third-order valence-corrected chi connectivity index (χ3v) is 5.63. The summed E-state index contributed by atoms with van der Waals surface area (Å²) in [5.41, 5.74) is 6.03. The molecule has 0 bridgehead atoms. The number of fused-ring (bicyclic) bond motifs is 1. The number of nitrogens with one attached hydrogen (secondary N) is 1. The van der Waals surface area contributed by atoms with Gasteiger partial charge in [0.15, 0.2) is 11.5 Å². The molecule has 0 aliphatic carbocycles. The van der Waals surface area contributed by atoms with Gasteiger partial charge >= 0.3 is 0 Å². The van der Waals surface area contributed by atoms with Crippen LogP contribution < -0.4 is 14.9 Å². The lowest BCUT2D eigenvalue weighted by Crippen LogP contribution is -2.42. The molecule has 1 aromatic heterocycles. The van der Waals surface area contributed by atoms with Crippen LogP contribution in [0.1, 0.15) is 17.0 Å². The normalized spacial score (nSPS) is 15.4. The molecule has 30 heavy (non-hydrogen) atoms. The van der Waals surface area contributed by atoms with Crippen LogP contribution in [0, 0.1) is 13.8 Å². The Morgan fingerprint density at radius 3 is 2.73 bits per heavy atom. The lowest BCUT2D eigenvalue weighted by Gasteiger charge is -2.24. The van der Waals surface area contributed by atoms with Crippen molar-refractivity contribution < 1.29 is 14.3 Å². The number of hydrazone groups is 1. The van der Waals surface area contributed by atoms with Crippen molar-refractivity contribution in [2.45, 2.75) is 20.0 Å². The number of halogens is 2. The highest BCUT2D eigenvalue weighted by Gasteiger charge is 2.27. The number of aromatic nitrogens is 1. The number of aryl methyl sites for hydroxylation is 1. The molecule has 6 nitrogen and oxygen atoms in total. The second-order valence-corrected chi connectivity index (χ2v) is 7.62. The summed E-state index contributed by atoms with van der Waals surface area (Å²) in [7, 11) is 0. The van der Waals surface area contributed by atoms with Crippen LogP contribution in [0.15, 0.2) is 53.6 Å². The Hall–Kier alpha value is -2.96. The van der Waals surface area contributed by atoms with Crippen molar-refractivity contribution in [1.29, 1.82) is 0 Å². The van der Waals surface area contributed by atoms with E-state index in [9.17, 15) is 4.79 Å². The zero-order chi connectivity index (χ0) is 21.3. The Morgan fingerprint density at radius 2 is 1.93 bits per heavy atom. The molecule has 0 radical (unpaired) electrons. The first-order chi connectivity index (χ1) is 14.5. The van der Waals surface area contributed by atoms with Gasteiger partial charge in [0.25, 0.3) is 5.91 Å². The highest BCUT2D eigenvalue weighted by Crippen LogP contribution is 2.32. The standard InChI is InChI=1S/C22H19Cl2N3O3/c1-13-10-15(14(2)27(13)17-7-5-6-16(23)21(17)24)11-25-26-22(28)20-12-29-18-8-3-4-9-19(18)30-20/h3-11,20H,12H2,1-2H3,(H,26,28)/b25-11-/t20-/m1/s1. The van der Waals surface area contributed by atoms with Crippen LogP contribution in [-0.4, -0.2) is 29.4 Å². The number of benzene rings is 2. The minimum absolute atomic E-state index is 0.125. The molecule has 4 rings (SSSR count). The van der Waals surface area contributed by atoms with Crippen molar-refractivity contribution in [2.75, 3.05) is 6.61 Å². The van der Waals surface area contributed by atoms with Gasteiger partial charge in [-0.05, 0) is 44.2 Å². The van der Waals surface area contributed by atoms with Crippen LogP contribution in [0.4, 0.5) is 0 Å². The lowest BCUT2D eigenvalue weighted by molar-refractivity contribution is -0.130. The van der Waals surface area contributed by atoms with Crippen molar-refractivity contribution in [3.63, 3.8) is 0 Å². The van der Waals surface area contributed by atoms with E-state index in [2.05, 4.69) is 10.5 Å². The van der Waals surface area contributed by atoms with Crippen LogP contribution in [0.25, 0.3) is 5.69 Å². The number of carbonyl (C=O) groups excluding carboxylic acids is 1. The third kappa shape index (κ3) is 3.88. The summed E-state index contributed by atoms with van der Waals surface area (Å²) in [6.45, 7) is 4.04. The van der Waals surface area contributed by atoms with Crippen molar-refractivity contribution >= 4 is 35.3 Å². The van der Waals surface area contributed by atoms with E-state index in [1.165, 1.54) is 0 Å². The van der Waals surface area contributed by atoms with Gasteiger partial charge in [0.2, 0.25) is 6.10 Å². The molecule has 8 heteroatoms. The Balaban J connectivity index is 1.48. The zero-order valence-corrected chi connectivity index (χ0v) is 17.9. The van der Waals surface area contributed by atoms with E-state index in [4.69, 9.17) is 32.7 Å². The summed E-state index contributed by atoms with van der Waals surface area (Å²) in [6.07, 6.45) is 0.821. The number of para-hydroxylation sites is 2. The Bertz CT molecular complexity index is 1140. The fourth-order valence-electron chi connectivity index (χ4n) is 3.34. The first kappa shape index (κ1) is 20.3. The molecule has 2 heterocycles. The fourth-order valence-corrected chi connectivity index (χ4v) is 3.72. The molecule has 0 unspecified atom stereocenters. The van der Waals surface area contributed by atoms with Crippen LogP contribution in [0.3, 0.4) is 0 Å². The zero-order valence-electron chi connectivity index (χ0n) is 16.4. The summed E-state index contributed by atoms with van der Waals surface area (Å²) in [6, 6.07) is 14.7. The van der Waals surface area contributed by atoms with Crippen LogP contribution in [0.5, 0.6) is 11.5 Å². The van der Waals surface area contributed by atoms with Gasteiger partial charge in [-0.25, -0.2) is 5.43 Å². The van der Waals surface area contributed by atoms with E-state index < -0.39 is 6.10 Å². The van der Waals surface area contributed by atoms with Gasteiger partial charge in [-0.15, -0.1) is 0 Å². The summed E-state index contributed by atoms with van der Waals surface area (Å²) in [4.78, 5) is 12.4. The van der Waals surface area contributed by atoms with Gasteiger partial charge in [0, 0.05) is 17.0 Å². The monoisotopic (exact) mass is 443 g/mol. The van der Waals surface area contributed by atoms with Gasteiger partial charge in [-0.2, -0.15) is 5.10 Å².